The number of nitrogens with zero attached hydrogens (tertiary/aromatic N) is 4. The van der Waals surface area contributed by atoms with E-state index < -0.39 is 24.0 Å². The molecule has 3 rings (SSSR count). The third kappa shape index (κ3) is 2.85. The van der Waals surface area contributed by atoms with Crippen molar-refractivity contribution in [2.24, 2.45) is 0 Å². The van der Waals surface area contributed by atoms with Crippen molar-refractivity contribution in [3.05, 3.63) is 41.9 Å². The lowest BCUT2D eigenvalue weighted by Gasteiger charge is -2.42. The minimum atomic E-state index is -4.59. The maximum Gasteiger partial charge on any atom is 0.433 e. The van der Waals surface area contributed by atoms with E-state index >= 15 is 0 Å². The van der Waals surface area contributed by atoms with Crippen molar-refractivity contribution in [1.82, 2.24) is 14.8 Å². The molecule has 0 saturated heterocycles. The maximum absolute atomic E-state index is 12.8. The van der Waals surface area contributed by atoms with E-state index in [4.69, 9.17) is 5.26 Å². The molecule has 120 valence electrons. The molecule has 0 bridgehead atoms. The van der Waals surface area contributed by atoms with E-state index in [1.807, 2.05) is 6.07 Å². The van der Waals surface area contributed by atoms with Gasteiger partial charge in [-0.05, 0) is 24.6 Å². The second kappa shape index (κ2) is 5.55. The summed E-state index contributed by atoms with van der Waals surface area (Å²) in [6.45, 7) is 0. The van der Waals surface area contributed by atoms with E-state index in [1.165, 1.54) is 4.68 Å². The fourth-order valence-corrected chi connectivity index (χ4v) is 2.57. The molecule has 1 aliphatic rings. The van der Waals surface area contributed by atoms with Crippen LogP contribution in [0.4, 0.5) is 19.0 Å². The molecule has 1 fully saturated rings. The van der Waals surface area contributed by atoms with Crippen LogP contribution in [0.2, 0.25) is 0 Å². The van der Waals surface area contributed by atoms with Crippen molar-refractivity contribution in [2.75, 3.05) is 5.32 Å². The van der Waals surface area contributed by atoms with E-state index in [9.17, 15) is 18.3 Å². The number of aliphatic hydroxyl groups excluding tert-OH is 1. The summed E-state index contributed by atoms with van der Waals surface area (Å²) in [5.74, 6) is -0.142. The van der Waals surface area contributed by atoms with Gasteiger partial charge in [0.05, 0.1) is 23.8 Å². The van der Waals surface area contributed by atoms with Gasteiger partial charge in [0, 0.05) is 12.4 Å². The average Bonchev–Trinajstić information content (AvgIpc) is 2.98. The molecule has 0 aliphatic heterocycles. The smallest absolute Gasteiger partial charge is 0.391 e. The Kier molecular flexibility index (Phi) is 3.69. The summed E-state index contributed by atoms with van der Waals surface area (Å²) in [4.78, 5) is 3.51. The lowest BCUT2D eigenvalue weighted by molar-refractivity contribution is -0.141. The van der Waals surface area contributed by atoms with Crippen LogP contribution in [0.1, 0.15) is 23.7 Å². The molecule has 1 saturated carbocycles. The molecular weight excluding hydrogens is 311 g/mol. The molecule has 9 heteroatoms. The van der Waals surface area contributed by atoms with Crippen LogP contribution in [0.15, 0.2) is 30.6 Å². The zero-order chi connectivity index (χ0) is 16.6. The van der Waals surface area contributed by atoms with Crippen LogP contribution < -0.4 is 5.32 Å². The van der Waals surface area contributed by atoms with Gasteiger partial charge in [0.25, 0.3) is 0 Å². The molecule has 0 aromatic carbocycles. The van der Waals surface area contributed by atoms with Crippen LogP contribution in [-0.4, -0.2) is 32.0 Å². The predicted octanol–water partition coefficient (Wildman–Crippen LogP) is 1.95. The van der Waals surface area contributed by atoms with E-state index in [0.29, 0.717) is 6.42 Å². The molecule has 2 aromatic rings. The zero-order valence-electron chi connectivity index (χ0n) is 11.7. The molecule has 0 amide bonds. The van der Waals surface area contributed by atoms with E-state index in [0.717, 1.165) is 12.1 Å². The molecule has 0 radical (unpaired) electrons. The Balaban J connectivity index is 1.86. The van der Waals surface area contributed by atoms with Gasteiger partial charge >= 0.3 is 6.18 Å². The first-order valence-corrected chi connectivity index (χ1v) is 6.82. The number of rotatable bonds is 3. The SMILES string of the molecule is N#Cc1ccc(C(F)(F)F)nc1N[C@H]1C[C@@H](O)[C@@H]1n1cccn1. The van der Waals surface area contributed by atoms with Crippen molar-refractivity contribution in [3.63, 3.8) is 0 Å². The normalized spacial score (nSPS) is 23.9. The molecule has 1 aliphatic carbocycles. The number of nitrogens with one attached hydrogen (secondary N) is 1. The van der Waals surface area contributed by atoms with Crippen molar-refractivity contribution < 1.29 is 18.3 Å². The van der Waals surface area contributed by atoms with Gasteiger partial charge < -0.3 is 10.4 Å². The largest absolute Gasteiger partial charge is 0.433 e. The molecule has 0 spiro atoms. The summed E-state index contributed by atoms with van der Waals surface area (Å²) in [5, 5.41) is 25.8. The van der Waals surface area contributed by atoms with Gasteiger partial charge in [0.1, 0.15) is 17.6 Å². The third-order valence-electron chi connectivity index (χ3n) is 3.76. The number of alkyl halides is 3. The Labute approximate surface area is 129 Å². The average molecular weight is 323 g/mol. The highest BCUT2D eigenvalue weighted by atomic mass is 19.4. The molecule has 2 heterocycles. The molecule has 2 N–H and O–H groups in total. The van der Waals surface area contributed by atoms with Crippen molar-refractivity contribution >= 4 is 5.82 Å². The highest BCUT2D eigenvalue weighted by Crippen LogP contribution is 2.36. The van der Waals surface area contributed by atoms with E-state index in [-0.39, 0.29) is 17.4 Å². The summed E-state index contributed by atoms with van der Waals surface area (Å²) in [6, 6.07) is 4.55. The highest BCUT2D eigenvalue weighted by molar-refractivity contribution is 5.53. The first-order chi connectivity index (χ1) is 10.9. The van der Waals surface area contributed by atoms with Gasteiger partial charge in [-0.15, -0.1) is 0 Å². The number of hydrogen-bond acceptors (Lipinski definition) is 5. The summed E-state index contributed by atoms with van der Waals surface area (Å²) in [6.07, 6.45) is -1.72. The molecule has 3 atom stereocenters. The van der Waals surface area contributed by atoms with E-state index in [2.05, 4.69) is 15.4 Å². The molecule has 0 unspecified atom stereocenters. The Bertz CT molecular complexity index is 738. The Morgan fingerprint density at radius 2 is 2.17 bits per heavy atom. The quantitative estimate of drug-likeness (QED) is 0.901. The van der Waals surface area contributed by atoms with Gasteiger partial charge in [-0.2, -0.15) is 23.5 Å². The van der Waals surface area contributed by atoms with Crippen LogP contribution in [-0.2, 0) is 6.18 Å². The van der Waals surface area contributed by atoms with Crippen molar-refractivity contribution in [1.29, 1.82) is 5.26 Å². The highest BCUT2D eigenvalue weighted by Gasteiger charge is 2.42. The number of pyridine rings is 1. The van der Waals surface area contributed by atoms with Crippen molar-refractivity contribution in [2.45, 2.75) is 30.8 Å². The van der Waals surface area contributed by atoms with Gasteiger partial charge in [-0.25, -0.2) is 4.98 Å². The van der Waals surface area contributed by atoms with Crippen LogP contribution in [0, 0.1) is 11.3 Å². The van der Waals surface area contributed by atoms with Gasteiger partial charge in [0.2, 0.25) is 0 Å². The van der Waals surface area contributed by atoms with Crippen molar-refractivity contribution in [3.8, 4) is 6.07 Å². The van der Waals surface area contributed by atoms with Gasteiger partial charge in [0.15, 0.2) is 0 Å². The minimum Gasteiger partial charge on any atom is -0.391 e. The summed E-state index contributed by atoms with van der Waals surface area (Å²) >= 11 is 0. The standard InChI is InChI=1S/C14H12F3N5O/c15-14(16,17)11-3-2-8(7-18)13(21-11)20-9-6-10(23)12(9)22-5-1-4-19-22/h1-5,9-10,12,23H,6H2,(H,20,21)/t9-,10+,12+/m0/s1. The first kappa shape index (κ1) is 15.3. The third-order valence-corrected chi connectivity index (χ3v) is 3.76. The minimum absolute atomic E-state index is 0.0126. The van der Waals surface area contributed by atoms with Crippen LogP contribution in [0.3, 0.4) is 0 Å². The molecule has 2 aromatic heterocycles. The first-order valence-electron chi connectivity index (χ1n) is 6.82. The lowest BCUT2D eigenvalue weighted by Crippen LogP contribution is -2.51. The Hall–Kier alpha value is -2.60. The number of aliphatic hydroxyl groups is 1. The second-order valence-electron chi connectivity index (χ2n) is 5.23. The number of anilines is 1. The van der Waals surface area contributed by atoms with E-state index in [1.54, 1.807) is 18.5 Å². The number of hydrogen-bond donors (Lipinski definition) is 2. The number of nitriles is 1. The van der Waals surface area contributed by atoms with Crippen LogP contribution in [0.5, 0.6) is 0 Å². The number of halogens is 3. The molecule has 23 heavy (non-hydrogen) atoms. The fraction of sp³-hybridized carbons (Fsp3) is 0.357. The van der Waals surface area contributed by atoms with Gasteiger partial charge in [-0.3, -0.25) is 4.68 Å². The topological polar surface area (TPSA) is 86.8 Å². The molecule has 6 nitrogen and oxygen atoms in total. The zero-order valence-corrected chi connectivity index (χ0v) is 11.7. The Morgan fingerprint density at radius 1 is 1.39 bits per heavy atom. The predicted molar refractivity (Wildman–Crippen MR) is 73.3 cm³/mol. The lowest BCUT2D eigenvalue weighted by atomic mass is 9.83. The van der Waals surface area contributed by atoms with Crippen LogP contribution in [0.25, 0.3) is 0 Å². The monoisotopic (exact) mass is 323 g/mol. The summed E-state index contributed by atoms with van der Waals surface area (Å²) < 4.78 is 39.8. The fourth-order valence-electron chi connectivity index (χ4n) is 2.57. The Morgan fingerprint density at radius 3 is 2.74 bits per heavy atom. The van der Waals surface area contributed by atoms with Gasteiger partial charge in [-0.1, -0.05) is 0 Å². The summed E-state index contributed by atoms with van der Waals surface area (Å²) in [5.41, 5.74) is -1.06. The molecular formula is C14H12F3N5O. The van der Waals surface area contributed by atoms with Crippen LogP contribution >= 0.6 is 0 Å². The number of aromatic nitrogens is 3. The summed E-state index contributed by atoms with van der Waals surface area (Å²) in [7, 11) is 0. The second-order valence-corrected chi connectivity index (χ2v) is 5.23. The maximum atomic E-state index is 12.8.